The summed E-state index contributed by atoms with van der Waals surface area (Å²) in [4.78, 5) is 18.4. The van der Waals surface area contributed by atoms with Crippen molar-refractivity contribution in [3.63, 3.8) is 0 Å². The molecule has 0 radical (unpaired) electrons. The quantitative estimate of drug-likeness (QED) is 0.930. The first kappa shape index (κ1) is 14.5. The van der Waals surface area contributed by atoms with E-state index in [1.807, 2.05) is 21.0 Å². The van der Waals surface area contributed by atoms with E-state index in [1.165, 1.54) is 0 Å². The molecule has 0 spiro atoms. The van der Waals surface area contributed by atoms with Crippen LogP contribution in [-0.4, -0.2) is 34.8 Å². The van der Waals surface area contributed by atoms with E-state index in [0.29, 0.717) is 17.1 Å². The monoisotopic (exact) mass is 337 g/mol. The number of carbonyl (C=O) groups excluding carboxylic acids is 1. The largest absolute Gasteiger partial charge is 0.362 e. The van der Waals surface area contributed by atoms with Crippen LogP contribution in [0.1, 0.15) is 17.3 Å². The Labute approximate surface area is 125 Å². The first-order valence-corrected chi connectivity index (χ1v) is 6.97. The van der Waals surface area contributed by atoms with Crippen molar-refractivity contribution in [2.45, 2.75) is 13.5 Å². The molecule has 0 aromatic carbocycles. The van der Waals surface area contributed by atoms with Crippen LogP contribution in [0.15, 0.2) is 29.1 Å². The topological polar surface area (TPSA) is 63.1 Å². The van der Waals surface area contributed by atoms with Crippen LogP contribution in [0.5, 0.6) is 0 Å². The SMILES string of the molecule is CCn1cc(NC(=O)c2cc(Br)cnc2N(C)C)cn1. The number of aromatic nitrogens is 3. The van der Waals surface area contributed by atoms with Crippen molar-refractivity contribution in [1.82, 2.24) is 14.8 Å². The van der Waals surface area contributed by atoms with E-state index >= 15 is 0 Å². The third kappa shape index (κ3) is 3.16. The smallest absolute Gasteiger partial charge is 0.259 e. The summed E-state index contributed by atoms with van der Waals surface area (Å²) in [7, 11) is 3.70. The van der Waals surface area contributed by atoms with Crippen molar-refractivity contribution in [3.8, 4) is 0 Å². The first-order valence-electron chi connectivity index (χ1n) is 6.18. The highest BCUT2D eigenvalue weighted by molar-refractivity contribution is 9.10. The summed E-state index contributed by atoms with van der Waals surface area (Å²) in [6.07, 6.45) is 5.09. The number of nitrogens with zero attached hydrogens (tertiary/aromatic N) is 4. The number of hydrogen-bond donors (Lipinski definition) is 1. The number of aryl methyl sites for hydroxylation is 1. The van der Waals surface area contributed by atoms with E-state index in [0.717, 1.165) is 11.0 Å². The predicted molar refractivity (Wildman–Crippen MR) is 82.1 cm³/mol. The summed E-state index contributed by atoms with van der Waals surface area (Å²) in [5.41, 5.74) is 1.18. The van der Waals surface area contributed by atoms with E-state index in [4.69, 9.17) is 0 Å². The van der Waals surface area contributed by atoms with Gasteiger partial charge in [0.2, 0.25) is 0 Å². The van der Waals surface area contributed by atoms with Crippen molar-refractivity contribution < 1.29 is 4.79 Å². The number of anilines is 2. The minimum atomic E-state index is -0.210. The maximum Gasteiger partial charge on any atom is 0.259 e. The van der Waals surface area contributed by atoms with E-state index in [9.17, 15) is 4.79 Å². The van der Waals surface area contributed by atoms with Gasteiger partial charge in [-0.3, -0.25) is 9.48 Å². The van der Waals surface area contributed by atoms with Gasteiger partial charge in [-0.25, -0.2) is 4.98 Å². The molecule has 0 bridgehead atoms. The molecule has 2 aromatic heterocycles. The van der Waals surface area contributed by atoms with Crippen molar-refractivity contribution in [3.05, 3.63) is 34.7 Å². The Balaban J connectivity index is 2.26. The molecule has 6 nitrogen and oxygen atoms in total. The number of halogens is 1. The molecule has 0 fully saturated rings. The fraction of sp³-hybridized carbons (Fsp3) is 0.308. The Kier molecular flexibility index (Phi) is 4.39. The van der Waals surface area contributed by atoms with Gasteiger partial charge in [-0.05, 0) is 28.9 Å². The Morgan fingerprint density at radius 2 is 2.20 bits per heavy atom. The lowest BCUT2D eigenvalue weighted by atomic mass is 10.2. The van der Waals surface area contributed by atoms with Gasteiger partial charge in [0.25, 0.3) is 5.91 Å². The molecule has 0 aliphatic heterocycles. The molecular weight excluding hydrogens is 322 g/mol. The first-order chi connectivity index (χ1) is 9.51. The summed E-state index contributed by atoms with van der Waals surface area (Å²) in [6, 6.07) is 1.75. The van der Waals surface area contributed by atoms with Gasteiger partial charge in [-0.1, -0.05) is 0 Å². The highest BCUT2D eigenvalue weighted by atomic mass is 79.9. The molecule has 2 heterocycles. The summed E-state index contributed by atoms with van der Waals surface area (Å²) in [5.74, 6) is 0.409. The number of rotatable bonds is 4. The summed E-state index contributed by atoms with van der Waals surface area (Å²) < 4.78 is 2.51. The summed E-state index contributed by atoms with van der Waals surface area (Å²) in [5, 5.41) is 6.95. The van der Waals surface area contributed by atoms with Gasteiger partial charge in [0, 0.05) is 37.5 Å². The lowest BCUT2D eigenvalue weighted by Gasteiger charge is -2.15. The lowest BCUT2D eigenvalue weighted by Crippen LogP contribution is -2.19. The minimum Gasteiger partial charge on any atom is -0.362 e. The minimum absolute atomic E-state index is 0.210. The molecule has 0 saturated heterocycles. The normalized spacial score (nSPS) is 10.4. The average molecular weight is 338 g/mol. The van der Waals surface area contributed by atoms with Crippen molar-refractivity contribution in [2.24, 2.45) is 0 Å². The molecule has 0 aliphatic carbocycles. The average Bonchev–Trinajstić information content (AvgIpc) is 2.85. The van der Waals surface area contributed by atoms with Gasteiger partial charge in [0.1, 0.15) is 5.82 Å². The van der Waals surface area contributed by atoms with Gasteiger partial charge >= 0.3 is 0 Å². The zero-order valence-electron chi connectivity index (χ0n) is 11.6. The number of amides is 1. The molecule has 1 amide bonds. The van der Waals surface area contributed by atoms with Crippen LogP contribution in [0.25, 0.3) is 0 Å². The fourth-order valence-corrected chi connectivity index (χ4v) is 2.09. The number of nitrogens with one attached hydrogen (secondary N) is 1. The zero-order chi connectivity index (χ0) is 14.7. The van der Waals surface area contributed by atoms with Crippen LogP contribution in [0.2, 0.25) is 0 Å². The van der Waals surface area contributed by atoms with E-state index < -0.39 is 0 Å². The fourth-order valence-electron chi connectivity index (χ4n) is 1.76. The van der Waals surface area contributed by atoms with Gasteiger partial charge < -0.3 is 10.2 Å². The maximum atomic E-state index is 12.4. The highest BCUT2D eigenvalue weighted by Crippen LogP contribution is 2.21. The maximum absolute atomic E-state index is 12.4. The Hall–Kier alpha value is -1.89. The third-order valence-electron chi connectivity index (χ3n) is 2.72. The van der Waals surface area contributed by atoms with Crippen molar-refractivity contribution in [2.75, 3.05) is 24.3 Å². The Morgan fingerprint density at radius 3 is 2.80 bits per heavy atom. The van der Waals surface area contributed by atoms with Gasteiger partial charge in [-0.2, -0.15) is 5.10 Å². The predicted octanol–water partition coefficient (Wildman–Crippen LogP) is 2.38. The van der Waals surface area contributed by atoms with Crippen LogP contribution < -0.4 is 10.2 Å². The van der Waals surface area contributed by atoms with Crippen LogP contribution >= 0.6 is 15.9 Å². The molecule has 0 aliphatic rings. The molecule has 2 rings (SSSR count). The van der Waals surface area contributed by atoms with Gasteiger partial charge in [0.05, 0.1) is 17.4 Å². The van der Waals surface area contributed by atoms with Crippen LogP contribution in [0.3, 0.4) is 0 Å². The van der Waals surface area contributed by atoms with Crippen LogP contribution in [0.4, 0.5) is 11.5 Å². The summed E-state index contributed by atoms with van der Waals surface area (Å²) in [6.45, 7) is 2.75. The molecule has 0 atom stereocenters. The second-order valence-electron chi connectivity index (χ2n) is 4.46. The molecule has 106 valence electrons. The molecule has 1 N–H and O–H groups in total. The molecule has 7 heteroatoms. The second-order valence-corrected chi connectivity index (χ2v) is 5.37. The van der Waals surface area contributed by atoms with Gasteiger partial charge in [0.15, 0.2) is 0 Å². The van der Waals surface area contributed by atoms with Crippen molar-refractivity contribution >= 4 is 33.3 Å². The zero-order valence-corrected chi connectivity index (χ0v) is 13.2. The Morgan fingerprint density at radius 1 is 1.45 bits per heavy atom. The van der Waals surface area contributed by atoms with Crippen molar-refractivity contribution in [1.29, 1.82) is 0 Å². The molecular formula is C13H16BrN5O. The molecule has 0 saturated carbocycles. The number of hydrogen-bond acceptors (Lipinski definition) is 4. The lowest BCUT2D eigenvalue weighted by molar-refractivity contribution is 0.102. The van der Waals surface area contributed by atoms with Crippen LogP contribution in [-0.2, 0) is 6.54 Å². The van der Waals surface area contributed by atoms with Crippen LogP contribution in [0, 0.1) is 0 Å². The van der Waals surface area contributed by atoms with Gasteiger partial charge in [-0.15, -0.1) is 0 Å². The Bertz CT molecular complexity index is 623. The highest BCUT2D eigenvalue weighted by Gasteiger charge is 2.15. The van der Waals surface area contributed by atoms with E-state index in [-0.39, 0.29) is 5.91 Å². The summed E-state index contributed by atoms with van der Waals surface area (Å²) >= 11 is 3.34. The standard InChI is InChI=1S/C13H16BrN5O/c1-4-19-8-10(7-16-19)17-13(20)11-5-9(14)6-15-12(11)18(2)3/h5-8H,4H2,1-3H3,(H,17,20). The number of carbonyl (C=O) groups is 1. The molecule has 2 aromatic rings. The second kappa shape index (κ2) is 6.04. The number of pyridine rings is 1. The molecule has 20 heavy (non-hydrogen) atoms. The van der Waals surface area contributed by atoms with E-state index in [1.54, 1.807) is 34.2 Å². The van der Waals surface area contributed by atoms with E-state index in [2.05, 4.69) is 31.3 Å². The third-order valence-corrected chi connectivity index (χ3v) is 3.15. The molecule has 0 unspecified atom stereocenters.